The van der Waals surface area contributed by atoms with Crippen LogP contribution >= 0.6 is 0 Å². The molecule has 3 unspecified atom stereocenters. The van der Waals surface area contributed by atoms with Crippen molar-refractivity contribution in [2.24, 2.45) is 11.3 Å². The van der Waals surface area contributed by atoms with Gasteiger partial charge >= 0.3 is 0 Å². The molecule has 3 atom stereocenters. The summed E-state index contributed by atoms with van der Waals surface area (Å²) in [6, 6.07) is 1.07. The maximum absolute atomic E-state index is 12.2. The quantitative estimate of drug-likeness (QED) is 0.810. The van der Waals surface area contributed by atoms with Gasteiger partial charge in [0.2, 0.25) is 5.91 Å². The molecule has 1 heterocycles. The molecular weight excluding hydrogens is 224 g/mol. The molecule has 2 fully saturated rings. The van der Waals surface area contributed by atoms with E-state index >= 15 is 0 Å². The van der Waals surface area contributed by atoms with E-state index in [1.54, 1.807) is 0 Å². The summed E-state index contributed by atoms with van der Waals surface area (Å²) in [4.78, 5) is 12.2. The molecule has 0 aromatic carbocycles. The van der Waals surface area contributed by atoms with Crippen LogP contribution in [-0.2, 0) is 4.79 Å². The fraction of sp³-hybridized carbons (Fsp3) is 0.933. The summed E-state index contributed by atoms with van der Waals surface area (Å²) in [6.45, 7) is 7.49. The molecule has 0 bridgehead atoms. The van der Waals surface area contributed by atoms with Crippen molar-refractivity contribution in [3.05, 3.63) is 0 Å². The van der Waals surface area contributed by atoms with Crippen molar-refractivity contribution in [2.75, 3.05) is 6.54 Å². The molecule has 2 N–H and O–H groups in total. The lowest BCUT2D eigenvalue weighted by atomic mass is 9.81. The van der Waals surface area contributed by atoms with Crippen LogP contribution in [0.1, 0.15) is 59.3 Å². The van der Waals surface area contributed by atoms with Crippen molar-refractivity contribution < 1.29 is 4.79 Å². The normalized spacial score (nSPS) is 35.4. The maximum atomic E-state index is 12.2. The summed E-state index contributed by atoms with van der Waals surface area (Å²) in [7, 11) is 0. The number of carbonyl (C=O) groups is 1. The second-order valence-electron chi connectivity index (χ2n) is 6.87. The van der Waals surface area contributed by atoms with Gasteiger partial charge < -0.3 is 10.6 Å². The molecule has 2 aliphatic rings. The van der Waals surface area contributed by atoms with Gasteiger partial charge in [0.15, 0.2) is 0 Å². The van der Waals surface area contributed by atoms with Crippen LogP contribution in [0.4, 0.5) is 0 Å². The smallest absolute Gasteiger partial charge is 0.223 e. The highest BCUT2D eigenvalue weighted by atomic mass is 16.1. The minimum Gasteiger partial charge on any atom is -0.354 e. The average molecular weight is 252 g/mol. The molecule has 3 nitrogen and oxygen atoms in total. The Morgan fingerprint density at radius 2 is 2.06 bits per heavy atom. The van der Waals surface area contributed by atoms with Crippen LogP contribution in [0.3, 0.4) is 0 Å². The van der Waals surface area contributed by atoms with E-state index < -0.39 is 0 Å². The Morgan fingerprint density at radius 1 is 1.28 bits per heavy atom. The lowest BCUT2D eigenvalue weighted by Crippen LogP contribution is -2.48. The zero-order valence-corrected chi connectivity index (χ0v) is 12.1. The first-order chi connectivity index (χ1) is 8.49. The Bertz CT molecular complexity index is 301. The zero-order valence-electron chi connectivity index (χ0n) is 12.1. The van der Waals surface area contributed by atoms with E-state index in [0.717, 1.165) is 13.0 Å². The van der Waals surface area contributed by atoms with Crippen LogP contribution < -0.4 is 10.6 Å². The Morgan fingerprint density at radius 3 is 2.67 bits per heavy atom. The molecule has 104 valence electrons. The van der Waals surface area contributed by atoms with E-state index in [1.165, 1.54) is 32.1 Å². The number of piperidine rings is 1. The molecule has 2 rings (SSSR count). The van der Waals surface area contributed by atoms with Gasteiger partial charge in [-0.2, -0.15) is 0 Å². The molecule has 1 saturated heterocycles. The molecule has 0 radical (unpaired) electrons. The predicted octanol–water partition coefficient (Wildman–Crippen LogP) is 2.46. The average Bonchev–Trinajstić information content (AvgIpc) is 2.66. The molecule has 0 aromatic rings. The molecule has 18 heavy (non-hydrogen) atoms. The summed E-state index contributed by atoms with van der Waals surface area (Å²) in [5.74, 6) is 0.496. The summed E-state index contributed by atoms with van der Waals surface area (Å²) >= 11 is 0. The number of nitrogens with one attached hydrogen (secondary N) is 2. The highest BCUT2D eigenvalue weighted by Gasteiger charge is 2.39. The second-order valence-corrected chi connectivity index (χ2v) is 6.87. The highest BCUT2D eigenvalue weighted by Crippen LogP contribution is 2.42. The number of hydrogen-bond acceptors (Lipinski definition) is 2. The summed E-state index contributed by atoms with van der Waals surface area (Å²) in [6.07, 6.45) is 7.18. The fourth-order valence-electron chi connectivity index (χ4n) is 3.56. The van der Waals surface area contributed by atoms with Crippen LogP contribution in [0.15, 0.2) is 0 Å². The first kappa shape index (κ1) is 13.9. The van der Waals surface area contributed by atoms with Crippen LogP contribution in [0, 0.1) is 11.3 Å². The van der Waals surface area contributed by atoms with Gasteiger partial charge in [-0.3, -0.25) is 4.79 Å². The molecule has 1 saturated carbocycles. The topological polar surface area (TPSA) is 41.1 Å². The van der Waals surface area contributed by atoms with Crippen LogP contribution in [0.25, 0.3) is 0 Å². The fourth-order valence-corrected chi connectivity index (χ4v) is 3.56. The maximum Gasteiger partial charge on any atom is 0.223 e. The third-order valence-corrected chi connectivity index (χ3v) is 4.81. The molecule has 0 spiro atoms. The van der Waals surface area contributed by atoms with Crippen molar-refractivity contribution in [2.45, 2.75) is 71.4 Å². The van der Waals surface area contributed by atoms with Crippen LogP contribution in [0.2, 0.25) is 0 Å². The summed E-state index contributed by atoms with van der Waals surface area (Å²) < 4.78 is 0. The Hall–Kier alpha value is -0.570. The lowest BCUT2D eigenvalue weighted by Gasteiger charge is -2.30. The first-order valence-corrected chi connectivity index (χ1v) is 7.53. The van der Waals surface area contributed by atoms with Crippen molar-refractivity contribution in [3.8, 4) is 0 Å². The van der Waals surface area contributed by atoms with Gasteiger partial charge in [-0.05, 0) is 38.0 Å². The second kappa shape index (κ2) is 5.60. The number of hydrogen-bond donors (Lipinski definition) is 2. The number of amides is 1. The van der Waals surface area contributed by atoms with E-state index in [0.29, 0.717) is 12.1 Å². The lowest BCUT2D eigenvalue weighted by molar-refractivity contribution is -0.127. The summed E-state index contributed by atoms with van der Waals surface area (Å²) in [5.41, 5.74) is 0.192. The molecular formula is C15H28N2O. The van der Waals surface area contributed by atoms with Crippen LogP contribution in [-0.4, -0.2) is 24.5 Å². The van der Waals surface area contributed by atoms with E-state index in [4.69, 9.17) is 0 Å². The first-order valence-electron chi connectivity index (χ1n) is 7.53. The van der Waals surface area contributed by atoms with Gasteiger partial charge in [0, 0.05) is 24.5 Å². The minimum absolute atomic E-state index is 0.192. The van der Waals surface area contributed by atoms with Crippen molar-refractivity contribution >= 4 is 5.91 Å². The molecule has 1 amide bonds. The van der Waals surface area contributed by atoms with Crippen LogP contribution in [0.5, 0.6) is 0 Å². The predicted molar refractivity (Wildman–Crippen MR) is 74.4 cm³/mol. The van der Waals surface area contributed by atoms with Crippen molar-refractivity contribution in [1.82, 2.24) is 10.6 Å². The largest absolute Gasteiger partial charge is 0.354 e. The Balaban J connectivity index is 1.78. The van der Waals surface area contributed by atoms with Gasteiger partial charge in [-0.15, -0.1) is 0 Å². The van der Waals surface area contributed by atoms with Crippen molar-refractivity contribution in [3.63, 3.8) is 0 Å². The number of carbonyl (C=O) groups excluding carboxylic acids is 1. The molecule has 0 aromatic heterocycles. The molecule has 3 heteroatoms. The zero-order chi connectivity index (χ0) is 13.2. The van der Waals surface area contributed by atoms with Gasteiger partial charge in [-0.1, -0.05) is 26.7 Å². The monoisotopic (exact) mass is 252 g/mol. The van der Waals surface area contributed by atoms with E-state index in [2.05, 4.69) is 31.4 Å². The third kappa shape index (κ3) is 3.25. The SMILES string of the molecule is CC1CCCC(CNC(=O)C2CCCC2(C)C)N1. The molecule has 1 aliphatic carbocycles. The van der Waals surface area contributed by atoms with E-state index in [9.17, 15) is 4.79 Å². The standard InChI is InChI=1S/C15H28N2O/c1-11-6-4-7-12(17-11)10-16-14(18)13-8-5-9-15(13,2)3/h11-13,17H,4-10H2,1-3H3,(H,16,18). The highest BCUT2D eigenvalue weighted by molar-refractivity contribution is 5.79. The van der Waals surface area contributed by atoms with Gasteiger partial charge in [0.05, 0.1) is 0 Å². The molecule has 1 aliphatic heterocycles. The minimum atomic E-state index is 0.192. The van der Waals surface area contributed by atoms with Gasteiger partial charge in [0.25, 0.3) is 0 Å². The Kier molecular flexibility index (Phi) is 4.31. The van der Waals surface area contributed by atoms with Crippen molar-refractivity contribution in [1.29, 1.82) is 0 Å². The van der Waals surface area contributed by atoms with Gasteiger partial charge in [0.1, 0.15) is 0 Å². The van der Waals surface area contributed by atoms with Gasteiger partial charge in [-0.25, -0.2) is 0 Å². The number of rotatable bonds is 3. The third-order valence-electron chi connectivity index (χ3n) is 4.81. The van der Waals surface area contributed by atoms with E-state index in [-0.39, 0.29) is 17.2 Å². The Labute approximate surface area is 111 Å². The summed E-state index contributed by atoms with van der Waals surface area (Å²) in [5, 5.41) is 6.74. The van der Waals surface area contributed by atoms with E-state index in [1.807, 2.05) is 0 Å².